The van der Waals surface area contributed by atoms with Crippen molar-refractivity contribution in [2.45, 2.75) is 92.6 Å². The van der Waals surface area contributed by atoms with Gasteiger partial charge in [-0.2, -0.15) is 0 Å². The smallest absolute Gasteiger partial charge is 0.325 e. The molecular formula is C48H57Cl2N2PRu+2. The van der Waals surface area contributed by atoms with Crippen molar-refractivity contribution in [2.24, 2.45) is 0 Å². The molecule has 2 nitrogen and oxygen atoms in total. The monoisotopic (exact) mass is 864 g/mol. The Kier molecular flexibility index (Phi) is 14.9. The van der Waals surface area contributed by atoms with Crippen molar-refractivity contribution in [1.29, 1.82) is 0 Å². The number of allylic oxidation sites excluding steroid dienone is 4. The number of hydrogen-bond acceptors (Lipinski definition) is 2. The second-order valence-electron chi connectivity index (χ2n) is 15.2. The van der Waals surface area contributed by atoms with Gasteiger partial charge in [0.05, 0.1) is 5.12 Å². The van der Waals surface area contributed by atoms with Gasteiger partial charge in [-0.05, 0) is 123 Å². The molecule has 1 atom stereocenters. The maximum atomic E-state index is 8.11. The number of rotatable bonds is 13. The van der Waals surface area contributed by atoms with E-state index in [4.69, 9.17) is 23.2 Å². The first kappa shape index (κ1) is 42.5. The number of halogens is 2. The van der Waals surface area contributed by atoms with Crippen LogP contribution in [-0.2, 0) is 19.5 Å². The van der Waals surface area contributed by atoms with Gasteiger partial charge in [0.25, 0.3) is 0 Å². The Balaban J connectivity index is 0.00000561. The van der Waals surface area contributed by atoms with E-state index in [-0.39, 0.29) is 24.6 Å². The van der Waals surface area contributed by atoms with Crippen molar-refractivity contribution >= 4 is 59.7 Å². The van der Waals surface area contributed by atoms with E-state index in [1.807, 2.05) is 0 Å². The zero-order chi connectivity index (χ0) is 37.8. The van der Waals surface area contributed by atoms with Crippen molar-refractivity contribution in [3.8, 4) is 0 Å². The van der Waals surface area contributed by atoms with E-state index < -0.39 is 7.92 Å². The van der Waals surface area contributed by atoms with E-state index in [0.717, 1.165) is 23.7 Å². The molecule has 0 saturated carbocycles. The number of alkyl halides is 1. The standard InChI is InChI=1S/C48H57Cl2N2P.Ru/c1-9-11-24-53(25-12-10-2)47(50)42(31-43(49)44-40-21-17-16-20-39(40)30-41(44)38-18-14-13-15-19-38)48-51(45-34(5)26-32(3)27-35(45)6)22-23-52(48)46-36(7)28-33(4)29-37(46)8;/h13-21,26-30,47H,9-12,22-25,31H2,1-8H3;/q;+2. The molecule has 0 bridgehead atoms. The van der Waals surface area contributed by atoms with E-state index in [1.54, 1.807) is 0 Å². The topological polar surface area (TPSA) is 6.48 Å². The summed E-state index contributed by atoms with van der Waals surface area (Å²) >= 11 is 16.0. The summed E-state index contributed by atoms with van der Waals surface area (Å²) in [5, 5.41) is 0.745. The molecule has 0 spiro atoms. The summed E-state index contributed by atoms with van der Waals surface area (Å²) in [6.45, 7) is 19.9. The van der Waals surface area contributed by atoms with Crippen LogP contribution in [-0.4, -0.2) is 30.5 Å². The number of unbranched alkanes of at least 4 members (excludes halogenated alkanes) is 2. The van der Waals surface area contributed by atoms with Gasteiger partial charge in [0.2, 0.25) is 0 Å². The largest absolute Gasteiger partial charge is 2.00 e. The fourth-order valence-electron chi connectivity index (χ4n) is 8.70. The molecule has 4 aromatic rings. The van der Waals surface area contributed by atoms with Gasteiger partial charge < -0.3 is 9.80 Å². The van der Waals surface area contributed by atoms with E-state index in [9.17, 15) is 0 Å². The first-order chi connectivity index (χ1) is 25.5. The molecule has 1 aliphatic carbocycles. The number of anilines is 2. The van der Waals surface area contributed by atoms with Gasteiger partial charge in [-0.15, -0.1) is 11.6 Å². The number of nitrogens with zero attached hydrogens (tertiary/aromatic N) is 2. The summed E-state index contributed by atoms with van der Waals surface area (Å²) in [4.78, 5) is 5.21. The fourth-order valence-corrected chi connectivity index (χ4v) is 12.6. The van der Waals surface area contributed by atoms with Crippen molar-refractivity contribution in [1.82, 2.24) is 0 Å². The fraction of sp³-hybridized carbons (Fsp3) is 0.375. The van der Waals surface area contributed by atoms with Crippen LogP contribution in [0.15, 0.2) is 95.3 Å². The average Bonchev–Trinajstić information content (AvgIpc) is 3.72. The molecule has 6 rings (SSSR count). The molecule has 0 N–H and O–H groups in total. The zero-order valence-corrected chi connectivity index (χ0v) is 37.6. The van der Waals surface area contributed by atoms with Gasteiger partial charge in [0.1, 0.15) is 5.82 Å². The molecule has 1 aliphatic heterocycles. The van der Waals surface area contributed by atoms with Crippen LogP contribution < -0.4 is 9.80 Å². The van der Waals surface area contributed by atoms with Crippen LogP contribution in [0.4, 0.5) is 11.4 Å². The summed E-state index contributed by atoms with van der Waals surface area (Å²) in [5.41, 5.74) is 17.5. The first-order valence-electron chi connectivity index (χ1n) is 19.6. The molecule has 54 heavy (non-hydrogen) atoms. The van der Waals surface area contributed by atoms with Gasteiger partial charge in [-0.1, -0.05) is 136 Å². The summed E-state index contributed by atoms with van der Waals surface area (Å²) in [6.07, 6.45) is 10.0. The quantitative estimate of drug-likeness (QED) is 0.0751. The Labute approximate surface area is 350 Å². The Hall–Kier alpha value is -2.67. The van der Waals surface area contributed by atoms with Gasteiger partial charge in [-0.25, -0.2) is 0 Å². The predicted molar refractivity (Wildman–Crippen MR) is 237 cm³/mol. The average molecular weight is 865 g/mol. The summed E-state index contributed by atoms with van der Waals surface area (Å²) in [7, 11) is -0.498. The van der Waals surface area contributed by atoms with Crippen LogP contribution in [0.1, 0.15) is 96.0 Å². The number of fused-ring (bicyclic) bond motifs is 1. The van der Waals surface area contributed by atoms with E-state index >= 15 is 0 Å². The minimum Gasteiger partial charge on any atom is -0.325 e. The first-order valence-corrected chi connectivity index (χ1v) is 22.2. The number of benzene rings is 4. The van der Waals surface area contributed by atoms with Crippen LogP contribution in [0.2, 0.25) is 0 Å². The minimum absolute atomic E-state index is 0. The second-order valence-corrected chi connectivity index (χ2v) is 19.0. The predicted octanol–water partition coefficient (Wildman–Crippen LogP) is 14.3. The second kappa shape index (κ2) is 19.0. The third kappa shape index (κ3) is 8.97. The molecule has 6 heteroatoms. The van der Waals surface area contributed by atoms with Crippen molar-refractivity contribution < 1.29 is 19.5 Å². The number of hydrogen-bond donors (Lipinski definition) is 0. The van der Waals surface area contributed by atoms with Gasteiger partial charge in [0.15, 0.2) is 0 Å². The summed E-state index contributed by atoms with van der Waals surface area (Å²) in [5.74, 6) is 1.23. The molecule has 1 saturated heterocycles. The zero-order valence-electron chi connectivity index (χ0n) is 33.5. The molecule has 2 aliphatic rings. The minimum atomic E-state index is -0.498. The van der Waals surface area contributed by atoms with Crippen LogP contribution in [0.25, 0.3) is 17.2 Å². The molecular weight excluding hydrogens is 807 g/mol. The van der Waals surface area contributed by atoms with E-state index in [2.05, 4.69) is 150 Å². The van der Waals surface area contributed by atoms with E-state index in [0.29, 0.717) is 6.42 Å². The van der Waals surface area contributed by atoms with E-state index in [1.165, 1.54) is 116 Å². The molecule has 1 heterocycles. The van der Waals surface area contributed by atoms with Crippen LogP contribution in [0.3, 0.4) is 0 Å². The normalized spacial score (nSPS) is 15.4. The molecule has 1 unspecified atom stereocenters. The molecule has 0 aromatic heterocycles. The molecule has 0 radical (unpaired) electrons. The number of aryl methyl sites for hydroxylation is 6. The maximum absolute atomic E-state index is 8.11. The Morgan fingerprint density at radius 2 is 1.19 bits per heavy atom. The van der Waals surface area contributed by atoms with Crippen LogP contribution in [0.5, 0.6) is 0 Å². The molecule has 1 fully saturated rings. The summed E-state index contributed by atoms with van der Waals surface area (Å²) < 4.78 is 0. The maximum Gasteiger partial charge on any atom is 2.00 e. The van der Waals surface area contributed by atoms with Crippen LogP contribution in [0, 0.1) is 41.5 Å². The van der Waals surface area contributed by atoms with Crippen molar-refractivity contribution in [2.75, 3.05) is 35.2 Å². The van der Waals surface area contributed by atoms with Gasteiger partial charge >= 0.3 is 19.5 Å². The van der Waals surface area contributed by atoms with Crippen molar-refractivity contribution in [3.63, 3.8) is 0 Å². The third-order valence-corrected chi connectivity index (χ3v) is 15.0. The van der Waals surface area contributed by atoms with Crippen LogP contribution >= 0.6 is 31.1 Å². The van der Waals surface area contributed by atoms with Crippen molar-refractivity contribution in [3.05, 3.63) is 145 Å². The molecule has 284 valence electrons. The SMILES string of the molecule is CCCCP(CCCC)C(Cl)C(CC(Cl)=C1C(c2ccccc2)=Cc2ccccc21)=C1N(c2c(C)cc(C)cc2C)CCN1c1c(C)cc(C)cc1C.[Ru+2]. The Bertz CT molecular complexity index is 1930. The molecule has 0 amide bonds. The van der Waals surface area contributed by atoms with Gasteiger partial charge in [-0.3, -0.25) is 0 Å². The van der Waals surface area contributed by atoms with Gasteiger partial charge in [0, 0.05) is 41.5 Å². The molecule has 4 aromatic carbocycles. The Morgan fingerprint density at radius 3 is 1.69 bits per heavy atom. The summed E-state index contributed by atoms with van der Waals surface area (Å²) in [6, 6.07) is 28.8. The third-order valence-electron chi connectivity index (χ3n) is 10.9. The Morgan fingerprint density at radius 1 is 0.704 bits per heavy atom.